The molecule has 29 heavy (non-hydrogen) atoms. The molecule has 144 valence electrons. The zero-order valence-corrected chi connectivity index (χ0v) is 16.9. The molecule has 3 aromatic carbocycles. The van der Waals surface area contributed by atoms with Crippen molar-refractivity contribution in [3.8, 4) is 17.1 Å². The minimum absolute atomic E-state index is 0.396. The van der Waals surface area contributed by atoms with E-state index in [-0.39, 0.29) is 0 Å². The van der Waals surface area contributed by atoms with E-state index in [9.17, 15) is 0 Å². The topological polar surface area (TPSA) is 55.2 Å². The second kappa shape index (κ2) is 8.86. The molecule has 0 bridgehead atoms. The van der Waals surface area contributed by atoms with Gasteiger partial charge in [0.25, 0.3) is 0 Å². The van der Waals surface area contributed by atoms with E-state index in [1.807, 2.05) is 72.8 Å². The average molecular weight is 421 g/mol. The number of nitrogens with zero attached hydrogens (tertiary/aromatic N) is 3. The Labute approximate surface area is 178 Å². The van der Waals surface area contributed by atoms with Crippen LogP contribution in [0.5, 0.6) is 5.75 Å². The summed E-state index contributed by atoms with van der Waals surface area (Å²) in [5.74, 6) is 1.36. The van der Waals surface area contributed by atoms with Gasteiger partial charge in [0, 0.05) is 10.6 Å². The monoisotopic (exact) mass is 420 g/mol. The number of aromatic amines is 1. The van der Waals surface area contributed by atoms with Crippen molar-refractivity contribution in [1.82, 2.24) is 14.9 Å². The Hall–Kier alpha value is -3.22. The first-order chi connectivity index (χ1) is 14.2. The maximum Gasteiger partial charge on any atom is 0.216 e. The first-order valence-corrected chi connectivity index (χ1v) is 9.72. The van der Waals surface area contributed by atoms with Gasteiger partial charge in [-0.15, -0.1) is 0 Å². The molecule has 0 amide bonds. The lowest BCUT2D eigenvalue weighted by Gasteiger charge is -2.07. The van der Waals surface area contributed by atoms with Crippen molar-refractivity contribution in [3.05, 3.63) is 99.8 Å². The smallest absolute Gasteiger partial charge is 0.216 e. The summed E-state index contributed by atoms with van der Waals surface area (Å²) < 4.78 is 7.84. The molecule has 4 rings (SSSR count). The fourth-order valence-electron chi connectivity index (χ4n) is 2.76. The van der Waals surface area contributed by atoms with Gasteiger partial charge < -0.3 is 4.74 Å². The first kappa shape index (κ1) is 19.1. The molecule has 4 aromatic rings. The standard InChI is InChI=1S/C22H17ClN4OS/c23-19-10-5-9-18(13-19)21-25-26-22(29)27(21)24-14-17-8-4-11-20(12-17)28-15-16-6-2-1-3-7-16/h1-14H,15H2,(H,26,29)/b24-14+. The first-order valence-electron chi connectivity index (χ1n) is 8.93. The summed E-state index contributed by atoms with van der Waals surface area (Å²) in [6.45, 7) is 0.507. The van der Waals surface area contributed by atoms with Crippen molar-refractivity contribution in [2.75, 3.05) is 0 Å². The molecule has 0 aliphatic carbocycles. The van der Waals surface area contributed by atoms with Crippen LogP contribution in [0.4, 0.5) is 0 Å². The van der Waals surface area contributed by atoms with E-state index in [1.165, 1.54) is 0 Å². The quantitative estimate of drug-likeness (QED) is 0.320. The minimum atomic E-state index is 0.396. The molecule has 0 saturated carbocycles. The number of halogens is 1. The Bertz CT molecular complexity index is 1200. The number of rotatable bonds is 6. The normalized spacial score (nSPS) is 11.1. The molecule has 0 saturated heterocycles. The van der Waals surface area contributed by atoms with Crippen LogP contribution in [-0.4, -0.2) is 21.1 Å². The van der Waals surface area contributed by atoms with Crippen molar-refractivity contribution in [2.24, 2.45) is 5.10 Å². The lowest BCUT2D eigenvalue weighted by molar-refractivity contribution is 0.306. The average Bonchev–Trinajstić information content (AvgIpc) is 3.12. The molecule has 0 spiro atoms. The predicted octanol–water partition coefficient (Wildman–Crippen LogP) is 5.72. The van der Waals surface area contributed by atoms with Crippen LogP contribution in [0.1, 0.15) is 11.1 Å². The summed E-state index contributed by atoms with van der Waals surface area (Å²) in [4.78, 5) is 0. The number of hydrogen-bond acceptors (Lipinski definition) is 4. The maximum absolute atomic E-state index is 6.09. The van der Waals surface area contributed by atoms with E-state index in [1.54, 1.807) is 17.0 Å². The van der Waals surface area contributed by atoms with Gasteiger partial charge in [-0.2, -0.15) is 14.9 Å². The van der Waals surface area contributed by atoms with Crippen LogP contribution in [-0.2, 0) is 6.61 Å². The van der Waals surface area contributed by atoms with Crippen LogP contribution in [0.3, 0.4) is 0 Å². The number of ether oxygens (including phenoxy) is 1. The molecular weight excluding hydrogens is 404 g/mol. The highest BCUT2D eigenvalue weighted by molar-refractivity contribution is 7.71. The van der Waals surface area contributed by atoms with E-state index >= 15 is 0 Å². The van der Waals surface area contributed by atoms with E-state index < -0.39 is 0 Å². The van der Waals surface area contributed by atoms with Crippen molar-refractivity contribution in [2.45, 2.75) is 6.61 Å². The van der Waals surface area contributed by atoms with Gasteiger partial charge in [0.15, 0.2) is 5.82 Å². The van der Waals surface area contributed by atoms with Gasteiger partial charge in [-0.25, -0.2) is 5.10 Å². The highest BCUT2D eigenvalue weighted by Gasteiger charge is 2.08. The third-order valence-corrected chi connectivity index (χ3v) is 4.66. The van der Waals surface area contributed by atoms with Gasteiger partial charge in [0.2, 0.25) is 4.77 Å². The molecule has 0 unspecified atom stereocenters. The maximum atomic E-state index is 6.09. The van der Waals surface area contributed by atoms with Gasteiger partial charge in [-0.05, 0) is 47.6 Å². The molecule has 1 heterocycles. The fraction of sp³-hybridized carbons (Fsp3) is 0.0455. The molecule has 7 heteroatoms. The molecule has 0 aliphatic rings. The van der Waals surface area contributed by atoms with E-state index in [0.717, 1.165) is 22.4 Å². The molecule has 1 aromatic heterocycles. The fourth-order valence-corrected chi connectivity index (χ4v) is 3.13. The summed E-state index contributed by atoms with van der Waals surface area (Å²) in [5, 5.41) is 12.2. The van der Waals surface area contributed by atoms with Gasteiger partial charge >= 0.3 is 0 Å². The Balaban J connectivity index is 1.54. The van der Waals surface area contributed by atoms with Gasteiger partial charge in [0.1, 0.15) is 12.4 Å². The van der Waals surface area contributed by atoms with Gasteiger partial charge in [-0.3, -0.25) is 0 Å². The summed E-state index contributed by atoms with van der Waals surface area (Å²) in [7, 11) is 0. The largest absolute Gasteiger partial charge is 0.489 e. The lowest BCUT2D eigenvalue weighted by Crippen LogP contribution is -1.97. The van der Waals surface area contributed by atoms with Crippen LogP contribution >= 0.6 is 23.8 Å². The number of H-pyrrole nitrogens is 1. The van der Waals surface area contributed by atoms with Crippen LogP contribution in [0.15, 0.2) is 84.0 Å². The number of nitrogens with one attached hydrogen (secondary N) is 1. The molecule has 5 nitrogen and oxygen atoms in total. The molecule has 0 radical (unpaired) electrons. The summed E-state index contributed by atoms with van der Waals surface area (Å²) >= 11 is 11.4. The van der Waals surface area contributed by atoms with Crippen molar-refractivity contribution >= 4 is 30.0 Å². The number of aromatic nitrogens is 3. The molecule has 1 N–H and O–H groups in total. The van der Waals surface area contributed by atoms with Crippen molar-refractivity contribution < 1.29 is 4.74 Å². The SMILES string of the molecule is S=c1[nH]nc(-c2cccc(Cl)c2)n1/N=C/c1cccc(OCc2ccccc2)c1. The van der Waals surface area contributed by atoms with Gasteiger partial charge in [0.05, 0.1) is 6.21 Å². The second-order valence-corrected chi connectivity index (χ2v) is 7.09. The molecule has 0 fully saturated rings. The highest BCUT2D eigenvalue weighted by atomic mass is 35.5. The number of hydrogen-bond donors (Lipinski definition) is 1. The Morgan fingerprint density at radius 1 is 1.03 bits per heavy atom. The van der Waals surface area contributed by atoms with Crippen LogP contribution in [0.2, 0.25) is 5.02 Å². The molecular formula is C22H17ClN4OS. The van der Waals surface area contributed by atoms with Crippen molar-refractivity contribution in [1.29, 1.82) is 0 Å². The third kappa shape index (κ3) is 4.80. The number of benzene rings is 3. The Morgan fingerprint density at radius 3 is 2.69 bits per heavy atom. The van der Waals surface area contributed by atoms with Crippen LogP contribution < -0.4 is 4.74 Å². The summed E-state index contributed by atoms with van der Waals surface area (Å²) in [6.07, 6.45) is 1.72. The van der Waals surface area contributed by atoms with E-state index in [0.29, 0.717) is 22.2 Å². The zero-order chi connectivity index (χ0) is 20.1. The second-order valence-electron chi connectivity index (χ2n) is 6.27. The Morgan fingerprint density at radius 2 is 1.86 bits per heavy atom. The van der Waals surface area contributed by atoms with E-state index in [4.69, 9.17) is 28.6 Å². The van der Waals surface area contributed by atoms with Gasteiger partial charge in [-0.1, -0.05) is 66.2 Å². The van der Waals surface area contributed by atoms with Crippen LogP contribution in [0.25, 0.3) is 11.4 Å². The third-order valence-electron chi connectivity index (χ3n) is 4.16. The summed E-state index contributed by atoms with van der Waals surface area (Å²) in [6, 6.07) is 25.1. The Kier molecular flexibility index (Phi) is 5.84. The molecule has 0 aliphatic heterocycles. The zero-order valence-electron chi connectivity index (χ0n) is 15.3. The highest BCUT2D eigenvalue weighted by Crippen LogP contribution is 2.21. The lowest BCUT2D eigenvalue weighted by atomic mass is 10.2. The van der Waals surface area contributed by atoms with Crippen LogP contribution in [0, 0.1) is 4.77 Å². The minimum Gasteiger partial charge on any atom is -0.489 e. The van der Waals surface area contributed by atoms with Crippen molar-refractivity contribution in [3.63, 3.8) is 0 Å². The molecule has 0 atom stereocenters. The van der Waals surface area contributed by atoms with E-state index in [2.05, 4.69) is 15.3 Å². The predicted molar refractivity (Wildman–Crippen MR) is 118 cm³/mol. The summed E-state index contributed by atoms with van der Waals surface area (Å²) in [5.41, 5.74) is 2.82.